The molecule has 0 aliphatic heterocycles. The van der Waals surface area contributed by atoms with Gasteiger partial charge in [0.05, 0.1) is 21.3 Å². The van der Waals surface area contributed by atoms with Gasteiger partial charge in [-0.05, 0) is 105 Å². The zero-order chi connectivity index (χ0) is 31.0. The van der Waals surface area contributed by atoms with E-state index in [4.69, 9.17) is 14.2 Å². The van der Waals surface area contributed by atoms with E-state index in [0.717, 1.165) is 31.8 Å². The molecule has 0 saturated carbocycles. The van der Waals surface area contributed by atoms with Crippen LogP contribution in [0.1, 0.15) is 11.7 Å². The number of benzene rings is 6. The number of hydrogen-bond acceptors (Lipinski definition) is 5. The molecule has 222 valence electrons. The van der Waals surface area contributed by atoms with Crippen LogP contribution < -0.4 is 19.1 Å². The van der Waals surface area contributed by atoms with Crippen LogP contribution in [0.3, 0.4) is 0 Å². The third-order valence-electron chi connectivity index (χ3n) is 7.80. The molecule has 0 aromatic heterocycles. The summed E-state index contributed by atoms with van der Waals surface area (Å²) in [6, 6.07) is 30.4. The van der Waals surface area contributed by atoms with Crippen LogP contribution in [-0.4, -0.2) is 38.3 Å². The second kappa shape index (κ2) is 11.5. The number of halogens is 2. The minimum atomic E-state index is -4.19. The summed E-state index contributed by atoms with van der Waals surface area (Å²) in [5.74, 6) is -3.85. The van der Waals surface area contributed by atoms with Crippen LogP contribution >= 0.6 is 0 Å². The molecular formula is C36H29F2NO5. The van der Waals surface area contributed by atoms with Crippen molar-refractivity contribution in [3.63, 3.8) is 0 Å². The van der Waals surface area contributed by atoms with Crippen molar-refractivity contribution < 1.29 is 32.9 Å². The summed E-state index contributed by atoms with van der Waals surface area (Å²) in [6.07, 6.45) is -2.40. The maximum Gasteiger partial charge on any atom is 0.354 e. The van der Waals surface area contributed by atoms with Gasteiger partial charge in [0.2, 0.25) is 0 Å². The summed E-state index contributed by atoms with van der Waals surface area (Å²) in [7, 11) is 4.66. The normalized spacial score (nSPS) is 12.3. The minimum absolute atomic E-state index is 0.0859. The first-order valence-corrected chi connectivity index (χ1v) is 13.9. The van der Waals surface area contributed by atoms with E-state index >= 15 is 8.78 Å². The highest BCUT2D eigenvalue weighted by Crippen LogP contribution is 2.40. The number of amides is 1. The summed E-state index contributed by atoms with van der Waals surface area (Å²) < 4.78 is 48.2. The highest BCUT2D eigenvalue weighted by molar-refractivity contribution is 6.07. The maximum absolute atomic E-state index is 16.2. The molecule has 0 aliphatic carbocycles. The lowest BCUT2D eigenvalue weighted by atomic mass is 9.98. The quantitative estimate of drug-likeness (QED) is 0.193. The van der Waals surface area contributed by atoms with Crippen molar-refractivity contribution in [1.82, 2.24) is 0 Å². The summed E-state index contributed by atoms with van der Waals surface area (Å²) in [5, 5.41) is 15.5. The molecule has 0 aliphatic rings. The van der Waals surface area contributed by atoms with E-state index in [2.05, 4.69) is 0 Å². The fourth-order valence-electron chi connectivity index (χ4n) is 5.35. The predicted octanol–water partition coefficient (Wildman–Crippen LogP) is 8.21. The number of alkyl halides is 2. The highest BCUT2D eigenvalue weighted by atomic mass is 19.3. The molecule has 8 heteroatoms. The Kier molecular flexibility index (Phi) is 7.53. The van der Waals surface area contributed by atoms with Gasteiger partial charge in [0.1, 0.15) is 17.2 Å². The smallest absolute Gasteiger partial charge is 0.354 e. The molecule has 0 fully saturated rings. The number of carbonyl (C=O) groups is 1. The molecule has 1 amide bonds. The zero-order valence-electron chi connectivity index (χ0n) is 24.3. The molecule has 6 aromatic carbocycles. The van der Waals surface area contributed by atoms with Gasteiger partial charge in [0.15, 0.2) is 6.10 Å². The Morgan fingerprint density at radius 1 is 0.591 bits per heavy atom. The first-order chi connectivity index (χ1) is 21.2. The number of aliphatic hydroxyl groups is 1. The number of hydrogen-bond donors (Lipinski definition) is 1. The fraction of sp³-hybridized carbons (Fsp3) is 0.139. The van der Waals surface area contributed by atoms with Crippen LogP contribution in [0.25, 0.3) is 32.3 Å². The Morgan fingerprint density at radius 2 is 0.955 bits per heavy atom. The van der Waals surface area contributed by atoms with E-state index in [-0.39, 0.29) is 16.9 Å². The van der Waals surface area contributed by atoms with Gasteiger partial charge < -0.3 is 19.3 Å². The summed E-state index contributed by atoms with van der Waals surface area (Å²) in [4.78, 5) is 14.9. The summed E-state index contributed by atoms with van der Waals surface area (Å²) in [6.45, 7) is 0. The molecule has 44 heavy (non-hydrogen) atoms. The Labute approximate surface area is 252 Å². The van der Waals surface area contributed by atoms with Crippen molar-refractivity contribution in [2.24, 2.45) is 0 Å². The molecule has 1 N–H and O–H groups in total. The second-order valence-electron chi connectivity index (χ2n) is 10.4. The molecule has 6 rings (SSSR count). The van der Waals surface area contributed by atoms with Crippen molar-refractivity contribution in [1.29, 1.82) is 0 Å². The number of ether oxygens (including phenoxy) is 3. The Hall–Kier alpha value is -5.21. The van der Waals surface area contributed by atoms with Crippen molar-refractivity contribution in [2.75, 3.05) is 26.2 Å². The summed E-state index contributed by atoms with van der Waals surface area (Å²) in [5.41, 5.74) is 0.355. The SMILES string of the molecule is COc1ccc2cc(C(O)C(F)(F)C(=O)N(c3ccc4cc(OC)ccc4c3)c3ccc4cc(OC)ccc4c3)ccc2c1. The van der Waals surface area contributed by atoms with Gasteiger partial charge in [-0.3, -0.25) is 9.69 Å². The van der Waals surface area contributed by atoms with Crippen molar-refractivity contribution in [2.45, 2.75) is 12.0 Å². The number of aliphatic hydroxyl groups excluding tert-OH is 1. The van der Waals surface area contributed by atoms with E-state index in [0.29, 0.717) is 22.6 Å². The number of carbonyl (C=O) groups excluding carboxylic acids is 1. The van der Waals surface area contributed by atoms with Crippen LogP contribution in [-0.2, 0) is 4.79 Å². The predicted molar refractivity (Wildman–Crippen MR) is 169 cm³/mol. The standard InChI is InChI=1S/C36H29F2NO5/c1-42-31-13-8-22-16-28(5-4-25(22)19-31)34(40)36(37,38)35(41)39(29-11-6-26-20-32(43-2)14-9-23(26)17-29)30-12-7-27-21-33(44-3)15-10-24(27)18-30/h4-21,34,40H,1-3H3. The van der Waals surface area contributed by atoms with E-state index < -0.39 is 17.9 Å². The van der Waals surface area contributed by atoms with E-state index in [1.165, 1.54) is 19.2 Å². The number of nitrogens with zero attached hydrogens (tertiary/aromatic N) is 1. The van der Waals surface area contributed by atoms with Gasteiger partial charge in [-0.1, -0.05) is 42.5 Å². The lowest BCUT2D eigenvalue weighted by Crippen LogP contribution is -2.45. The van der Waals surface area contributed by atoms with Crippen LogP contribution in [0.4, 0.5) is 20.2 Å². The third-order valence-corrected chi connectivity index (χ3v) is 7.80. The summed E-state index contributed by atoms with van der Waals surface area (Å²) >= 11 is 0. The van der Waals surface area contributed by atoms with Crippen molar-refractivity contribution >= 4 is 49.6 Å². The molecule has 0 spiro atoms. The van der Waals surface area contributed by atoms with E-state index in [1.54, 1.807) is 99.1 Å². The Morgan fingerprint density at radius 3 is 1.39 bits per heavy atom. The fourth-order valence-corrected chi connectivity index (χ4v) is 5.35. The molecule has 6 aromatic rings. The van der Waals surface area contributed by atoms with Crippen LogP contribution in [0.5, 0.6) is 17.2 Å². The van der Waals surface area contributed by atoms with E-state index in [1.807, 2.05) is 12.1 Å². The maximum atomic E-state index is 16.2. The molecule has 1 unspecified atom stereocenters. The second-order valence-corrected chi connectivity index (χ2v) is 10.4. The number of methoxy groups -OCH3 is 3. The van der Waals surface area contributed by atoms with Crippen LogP contribution in [0, 0.1) is 0 Å². The Bertz CT molecular complexity index is 1940. The first-order valence-electron chi connectivity index (χ1n) is 13.9. The molecular weight excluding hydrogens is 564 g/mol. The van der Waals surface area contributed by atoms with Crippen molar-refractivity contribution in [3.8, 4) is 17.2 Å². The number of fused-ring (bicyclic) bond motifs is 3. The van der Waals surface area contributed by atoms with Gasteiger partial charge >= 0.3 is 11.8 Å². The van der Waals surface area contributed by atoms with Gasteiger partial charge in [0, 0.05) is 11.4 Å². The van der Waals surface area contributed by atoms with Gasteiger partial charge in [0.25, 0.3) is 0 Å². The highest BCUT2D eigenvalue weighted by Gasteiger charge is 2.50. The van der Waals surface area contributed by atoms with Crippen LogP contribution in [0.15, 0.2) is 109 Å². The molecule has 6 nitrogen and oxygen atoms in total. The van der Waals surface area contributed by atoms with Gasteiger partial charge in [-0.2, -0.15) is 8.78 Å². The van der Waals surface area contributed by atoms with Crippen LogP contribution in [0.2, 0.25) is 0 Å². The lowest BCUT2D eigenvalue weighted by Gasteiger charge is -2.30. The molecule has 1 atom stereocenters. The van der Waals surface area contributed by atoms with Gasteiger partial charge in [-0.25, -0.2) is 0 Å². The lowest BCUT2D eigenvalue weighted by molar-refractivity contribution is -0.160. The molecule has 0 bridgehead atoms. The average Bonchev–Trinajstić information content (AvgIpc) is 3.06. The first kappa shape index (κ1) is 28.9. The largest absolute Gasteiger partial charge is 0.497 e. The topological polar surface area (TPSA) is 68.2 Å². The van der Waals surface area contributed by atoms with E-state index in [9.17, 15) is 9.90 Å². The monoisotopic (exact) mass is 593 g/mol. The molecule has 0 radical (unpaired) electrons. The molecule has 0 heterocycles. The average molecular weight is 594 g/mol. The molecule has 0 saturated heterocycles. The minimum Gasteiger partial charge on any atom is -0.497 e. The zero-order valence-corrected chi connectivity index (χ0v) is 24.3. The third kappa shape index (κ3) is 5.24. The van der Waals surface area contributed by atoms with Crippen molar-refractivity contribution in [3.05, 3.63) is 115 Å². The number of anilines is 2. The Balaban J connectivity index is 1.44. The number of rotatable bonds is 8. The van der Waals surface area contributed by atoms with Gasteiger partial charge in [-0.15, -0.1) is 0 Å².